The van der Waals surface area contributed by atoms with Crippen LogP contribution in [0.25, 0.3) is 0 Å². The third-order valence-corrected chi connectivity index (χ3v) is 20.2. The number of amides is 8. The molecular weight excluding hydrogens is 1440 g/mol. The number of anilines is 2. The lowest BCUT2D eigenvalue weighted by Crippen LogP contribution is -2.52. The van der Waals surface area contributed by atoms with Gasteiger partial charge in [0.2, 0.25) is 35.4 Å². The molecule has 0 bridgehead atoms. The topological polar surface area (TPSA) is 298 Å². The highest BCUT2D eigenvalue weighted by Gasteiger charge is 2.39. The monoisotopic (exact) mass is 1530 g/mol. The molecular formula is C92H96N10O12. The van der Waals surface area contributed by atoms with Gasteiger partial charge in [-0.1, -0.05) is 231 Å². The number of nitrogens with one attached hydrogen (secondary N) is 8. The quantitative estimate of drug-likeness (QED) is 0.00968. The Morgan fingerprint density at radius 2 is 0.702 bits per heavy atom. The summed E-state index contributed by atoms with van der Waals surface area (Å²) in [6.45, 7) is -1.19. The van der Waals surface area contributed by atoms with Crippen molar-refractivity contribution in [3.05, 3.63) is 347 Å². The maximum absolute atomic E-state index is 15.1. The van der Waals surface area contributed by atoms with Crippen molar-refractivity contribution in [3.8, 4) is 11.5 Å². The molecule has 114 heavy (non-hydrogen) atoms. The molecule has 0 spiro atoms. The van der Waals surface area contributed by atoms with E-state index in [1.807, 2.05) is 121 Å². The van der Waals surface area contributed by atoms with Gasteiger partial charge in [0.1, 0.15) is 35.7 Å². The Bertz CT molecular complexity index is 4440. The summed E-state index contributed by atoms with van der Waals surface area (Å²) in [6, 6.07) is 81.2. The Kier molecular flexibility index (Phi) is 29.6. The predicted molar refractivity (Wildman–Crippen MR) is 438 cm³/mol. The number of carbonyl (C=O) groups excluding carboxylic acids is 8. The third kappa shape index (κ3) is 21.5. The highest BCUT2D eigenvalue weighted by Crippen LogP contribution is 2.40. The van der Waals surface area contributed by atoms with Crippen molar-refractivity contribution in [2.24, 2.45) is 0 Å². The lowest BCUT2D eigenvalue weighted by Gasteiger charge is -2.37. The molecule has 10 aromatic rings. The molecule has 22 heteroatoms. The summed E-state index contributed by atoms with van der Waals surface area (Å²) in [4.78, 5) is 118. The Hall–Kier alpha value is -12.7. The van der Waals surface area contributed by atoms with E-state index in [0.717, 1.165) is 50.4 Å². The van der Waals surface area contributed by atoms with E-state index >= 15 is 9.59 Å². The van der Waals surface area contributed by atoms with Gasteiger partial charge >= 0.3 is 0 Å². The fourth-order valence-corrected chi connectivity index (χ4v) is 14.3. The first kappa shape index (κ1) is 82.3. The summed E-state index contributed by atoms with van der Waals surface area (Å²) in [5.74, 6) is -3.91. The summed E-state index contributed by atoms with van der Waals surface area (Å²) in [5, 5.41) is 44.9. The van der Waals surface area contributed by atoms with Gasteiger partial charge < -0.3 is 51.6 Å². The number of benzene rings is 10. The normalized spacial score (nSPS) is 13.1. The molecule has 10 aromatic carbocycles. The van der Waals surface area contributed by atoms with Crippen LogP contribution in [0.1, 0.15) is 106 Å². The fraction of sp³-hybridized carbons (Fsp3) is 0.239. The van der Waals surface area contributed by atoms with Crippen molar-refractivity contribution in [1.29, 1.82) is 0 Å². The molecule has 1 aliphatic rings. The van der Waals surface area contributed by atoms with Crippen molar-refractivity contribution in [2.45, 2.75) is 87.0 Å². The summed E-state index contributed by atoms with van der Waals surface area (Å²) < 4.78 is 11.1. The molecule has 10 N–H and O–H groups in total. The largest absolute Gasteiger partial charge is 0.497 e. The highest BCUT2D eigenvalue weighted by molar-refractivity contribution is 6.13. The van der Waals surface area contributed by atoms with Crippen LogP contribution in [-0.2, 0) is 62.6 Å². The maximum Gasteiger partial charge on any atom is 0.253 e. The second kappa shape index (κ2) is 41.0. The van der Waals surface area contributed by atoms with Gasteiger partial charge in [0.05, 0.1) is 51.6 Å². The number of hydrogen-bond acceptors (Lipinski definition) is 15. The first-order chi connectivity index (χ1) is 55.6. The summed E-state index contributed by atoms with van der Waals surface area (Å²) in [6.07, 6.45) is 4.45. The van der Waals surface area contributed by atoms with Gasteiger partial charge in [0, 0.05) is 36.6 Å². The molecule has 0 unspecified atom stereocenters. The second-order valence-electron chi connectivity index (χ2n) is 27.8. The standard InChI is InChI=1S/C92H96N10O12/c1-113-77-51-43-73(44-52-77)91(69-29-13-5-14-30-69,70-31-15-6-16-32-70)93-57-23-21-37-79(87(109)95-75-47-39-65(63-103)40-48-75)97-89(111)85(67-25-9-3-10-26-67)99-81(105)61-101(59-60-102-83(107)55-56-84(102)108)62-82(106)100-86(68-27-11-4-12-28-68)90(112)98-80(88(110)96-76-49-41-66(64-104)42-50-76)38-22-24-58-94-92(71-33-17-7-18-34-71,72-35-19-8-20-36-72)74-45-53-78(114-2)54-46-74/h3-20,25-36,39-56,79-80,85-86,93-94,103-104H,21-24,37-38,57-64H2,1-2H3,(H,95,109)(H,96,110)(H,97,111)(H,98,112)(H,99,105)(H,100,106)/t79-,80-,85-,86-/m0/s1. The molecule has 0 aromatic heterocycles. The Morgan fingerprint density at radius 1 is 0.386 bits per heavy atom. The van der Waals surface area contributed by atoms with Gasteiger partial charge in [-0.3, -0.25) is 58.8 Å². The van der Waals surface area contributed by atoms with Gasteiger partial charge in [0.15, 0.2) is 0 Å². The molecule has 586 valence electrons. The molecule has 0 aliphatic carbocycles. The van der Waals surface area contributed by atoms with E-state index in [4.69, 9.17) is 9.47 Å². The maximum atomic E-state index is 15.1. The summed E-state index contributed by atoms with van der Waals surface area (Å²) in [7, 11) is 3.24. The number of hydrogen-bond donors (Lipinski definition) is 10. The van der Waals surface area contributed by atoms with E-state index in [9.17, 15) is 39.0 Å². The van der Waals surface area contributed by atoms with Crippen molar-refractivity contribution in [3.63, 3.8) is 0 Å². The van der Waals surface area contributed by atoms with Crippen LogP contribution in [0.4, 0.5) is 11.4 Å². The predicted octanol–water partition coefficient (Wildman–Crippen LogP) is 10.7. The lowest BCUT2D eigenvalue weighted by molar-refractivity contribution is -0.137. The summed E-state index contributed by atoms with van der Waals surface area (Å²) >= 11 is 0. The number of methoxy groups -OCH3 is 2. The number of unbranched alkanes of at least 4 members (excludes halogenated alkanes) is 2. The van der Waals surface area contributed by atoms with E-state index in [0.29, 0.717) is 83.9 Å². The SMILES string of the molecule is COc1ccc(C(NCCCC[C@H](NC(=O)[C@@H](NC(=O)CN(CCN2C(=O)C=CC2=O)CC(=O)N[C@H](C(=O)N[C@@H](CCCCNC(c2ccccc2)(c2ccccc2)c2ccc(OC)cc2)C(=O)Nc2ccc(CO)cc2)c2ccccc2)c2ccccc2)C(=O)Nc2ccc(CO)cc2)(c2ccccc2)c2ccccc2)cc1. The van der Waals surface area contributed by atoms with Crippen molar-refractivity contribution < 1.29 is 58.0 Å². The Morgan fingerprint density at radius 3 is 1.02 bits per heavy atom. The minimum absolute atomic E-state index is 0.147. The van der Waals surface area contributed by atoms with E-state index in [2.05, 4.69) is 91.1 Å². The number of imide groups is 1. The van der Waals surface area contributed by atoms with Crippen LogP contribution in [0.5, 0.6) is 11.5 Å². The number of ether oxygens (including phenoxy) is 2. The number of nitrogens with zero attached hydrogens (tertiary/aromatic N) is 2. The third-order valence-electron chi connectivity index (χ3n) is 20.2. The minimum Gasteiger partial charge on any atom is -0.497 e. The second-order valence-corrected chi connectivity index (χ2v) is 27.8. The van der Waals surface area contributed by atoms with Gasteiger partial charge in [-0.25, -0.2) is 0 Å². The van der Waals surface area contributed by atoms with E-state index < -0.39 is 95.6 Å². The van der Waals surface area contributed by atoms with Crippen molar-refractivity contribution in [2.75, 3.05) is 64.1 Å². The molecule has 0 fully saturated rings. The molecule has 22 nitrogen and oxygen atoms in total. The average Bonchev–Trinajstić information content (AvgIpc) is 1.06. The highest BCUT2D eigenvalue weighted by atomic mass is 16.5. The molecule has 0 radical (unpaired) electrons. The molecule has 4 atom stereocenters. The van der Waals surface area contributed by atoms with Crippen LogP contribution in [0.15, 0.2) is 291 Å². The van der Waals surface area contributed by atoms with Gasteiger partial charge in [-0.15, -0.1) is 0 Å². The number of rotatable bonds is 41. The van der Waals surface area contributed by atoms with Gasteiger partial charge in [0.25, 0.3) is 11.8 Å². The smallest absolute Gasteiger partial charge is 0.253 e. The first-order valence-corrected chi connectivity index (χ1v) is 38.2. The van der Waals surface area contributed by atoms with Crippen LogP contribution in [-0.4, -0.2) is 133 Å². The molecule has 0 saturated carbocycles. The molecule has 0 saturated heterocycles. The Balaban J connectivity index is 0.811. The zero-order chi connectivity index (χ0) is 80.1. The first-order valence-electron chi connectivity index (χ1n) is 38.2. The minimum atomic E-state index is -1.42. The van der Waals surface area contributed by atoms with E-state index in [1.54, 1.807) is 123 Å². The zero-order valence-corrected chi connectivity index (χ0v) is 63.8. The zero-order valence-electron chi connectivity index (χ0n) is 63.8. The molecule has 1 heterocycles. The fourth-order valence-electron chi connectivity index (χ4n) is 14.3. The van der Waals surface area contributed by atoms with E-state index in [1.165, 1.54) is 4.90 Å². The Labute approximate surface area is 664 Å². The summed E-state index contributed by atoms with van der Waals surface area (Å²) in [5.41, 5.74) is 7.02. The number of carbonyl (C=O) groups is 8. The van der Waals surface area contributed by atoms with Gasteiger partial charge in [-0.2, -0.15) is 0 Å². The van der Waals surface area contributed by atoms with Crippen molar-refractivity contribution >= 4 is 58.6 Å². The van der Waals surface area contributed by atoms with E-state index in [-0.39, 0.29) is 39.1 Å². The molecule has 1 aliphatic heterocycles. The molecule has 11 rings (SSSR count). The van der Waals surface area contributed by atoms with Crippen molar-refractivity contribution in [1.82, 2.24) is 41.7 Å². The van der Waals surface area contributed by atoms with Crippen LogP contribution >= 0.6 is 0 Å². The number of aliphatic hydroxyl groups excluding tert-OH is 2. The van der Waals surface area contributed by atoms with Crippen LogP contribution < -0.4 is 52.0 Å². The van der Waals surface area contributed by atoms with Crippen LogP contribution in [0.3, 0.4) is 0 Å². The van der Waals surface area contributed by atoms with Crippen LogP contribution in [0.2, 0.25) is 0 Å². The van der Waals surface area contributed by atoms with Crippen LogP contribution in [0, 0.1) is 0 Å². The number of aliphatic hydroxyl groups is 2. The lowest BCUT2D eigenvalue weighted by atomic mass is 9.77. The van der Waals surface area contributed by atoms with Gasteiger partial charge in [-0.05, 0) is 156 Å². The molecule has 8 amide bonds. The average molecular weight is 1530 g/mol.